The van der Waals surface area contributed by atoms with Crippen LogP contribution in [-0.2, 0) is 5.41 Å². The first-order valence-corrected chi connectivity index (χ1v) is 8.20. The summed E-state index contributed by atoms with van der Waals surface area (Å²) < 4.78 is 0. The molecule has 0 saturated heterocycles. The highest BCUT2D eigenvalue weighted by atomic mass is 15.1. The molecule has 1 heterocycles. The second-order valence-corrected chi connectivity index (χ2v) is 6.86. The molecule has 0 bridgehead atoms. The van der Waals surface area contributed by atoms with Gasteiger partial charge in [-0.1, -0.05) is 53.4 Å². The fourth-order valence-electron chi connectivity index (χ4n) is 2.19. The smallest absolute Gasteiger partial charge is 0.138 e. The summed E-state index contributed by atoms with van der Waals surface area (Å²) in [6.45, 7) is 10.9. The monoisotopic (exact) mass is 292 g/mol. The first-order chi connectivity index (χ1) is 9.86. The minimum Gasteiger partial charge on any atom is -0.373 e. The summed E-state index contributed by atoms with van der Waals surface area (Å²) in [5.74, 6) is 2.66. The average Bonchev–Trinajstić information content (AvgIpc) is 2.42. The number of aromatic nitrogens is 2. The number of hydrogen-bond acceptors (Lipinski definition) is 4. The molecule has 0 aliphatic carbocycles. The van der Waals surface area contributed by atoms with Crippen molar-refractivity contribution in [2.24, 2.45) is 0 Å². The lowest BCUT2D eigenvalue weighted by molar-refractivity contribution is 0.545. The number of anilines is 2. The fraction of sp³-hybridized carbons (Fsp3) is 0.765. The molecule has 1 atom stereocenters. The molecule has 0 radical (unpaired) electrons. The van der Waals surface area contributed by atoms with Crippen LogP contribution in [0.25, 0.3) is 0 Å². The van der Waals surface area contributed by atoms with E-state index < -0.39 is 0 Å². The molecular weight excluding hydrogens is 260 g/mol. The van der Waals surface area contributed by atoms with Crippen LogP contribution in [0, 0.1) is 0 Å². The van der Waals surface area contributed by atoms with E-state index in [1.54, 1.807) is 0 Å². The molecular formula is C17H32N4. The summed E-state index contributed by atoms with van der Waals surface area (Å²) in [6.07, 6.45) is 6.40. The summed E-state index contributed by atoms with van der Waals surface area (Å²) in [4.78, 5) is 9.23. The fourth-order valence-corrected chi connectivity index (χ4v) is 2.19. The van der Waals surface area contributed by atoms with Crippen molar-refractivity contribution >= 4 is 11.6 Å². The zero-order valence-electron chi connectivity index (χ0n) is 14.6. The molecule has 0 amide bonds. The van der Waals surface area contributed by atoms with Gasteiger partial charge in [-0.25, -0.2) is 9.97 Å². The number of nitrogens with zero attached hydrogens (tertiary/aromatic N) is 2. The lowest BCUT2D eigenvalue weighted by Crippen LogP contribution is -2.21. The Balaban J connectivity index is 2.69. The number of nitrogens with one attached hydrogen (secondary N) is 2. The quantitative estimate of drug-likeness (QED) is 0.688. The minimum absolute atomic E-state index is 0.0480. The third-order valence-electron chi connectivity index (χ3n) is 3.54. The first kappa shape index (κ1) is 17.7. The molecule has 0 aliphatic heterocycles. The van der Waals surface area contributed by atoms with Gasteiger partial charge >= 0.3 is 0 Å². The summed E-state index contributed by atoms with van der Waals surface area (Å²) in [7, 11) is 1.90. The van der Waals surface area contributed by atoms with E-state index in [1.807, 2.05) is 13.1 Å². The molecule has 120 valence electrons. The van der Waals surface area contributed by atoms with Crippen LogP contribution >= 0.6 is 0 Å². The summed E-state index contributed by atoms with van der Waals surface area (Å²) >= 11 is 0. The van der Waals surface area contributed by atoms with Gasteiger partial charge in [0, 0.05) is 24.6 Å². The van der Waals surface area contributed by atoms with Crippen LogP contribution in [0.3, 0.4) is 0 Å². The van der Waals surface area contributed by atoms with Crippen molar-refractivity contribution in [2.75, 3.05) is 17.7 Å². The average molecular weight is 292 g/mol. The Hall–Kier alpha value is -1.32. The van der Waals surface area contributed by atoms with E-state index >= 15 is 0 Å². The van der Waals surface area contributed by atoms with Crippen LogP contribution < -0.4 is 10.6 Å². The second-order valence-electron chi connectivity index (χ2n) is 6.86. The van der Waals surface area contributed by atoms with E-state index in [9.17, 15) is 0 Å². The van der Waals surface area contributed by atoms with Gasteiger partial charge < -0.3 is 10.6 Å². The highest BCUT2D eigenvalue weighted by Gasteiger charge is 2.19. The Labute approximate surface area is 130 Å². The predicted octanol–water partition coefficient (Wildman–Crippen LogP) is 4.59. The molecule has 4 nitrogen and oxygen atoms in total. The molecule has 0 fully saturated rings. The first-order valence-electron chi connectivity index (χ1n) is 8.20. The van der Waals surface area contributed by atoms with Gasteiger partial charge in [0.05, 0.1) is 0 Å². The van der Waals surface area contributed by atoms with Crippen LogP contribution in [0.15, 0.2) is 6.07 Å². The maximum atomic E-state index is 4.67. The summed E-state index contributed by atoms with van der Waals surface area (Å²) in [6, 6.07) is 2.42. The second kappa shape index (κ2) is 8.20. The van der Waals surface area contributed by atoms with E-state index in [0.29, 0.717) is 6.04 Å². The van der Waals surface area contributed by atoms with Gasteiger partial charge in [-0.2, -0.15) is 0 Å². The van der Waals surface area contributed by atoms with Crippen LogP contribution in [0.2, 0.25) is 0 Å². The highest BCUT2D eigenvalue weighted by molar-refractivity contribution is 5.48. The lowest BCUT2D eigenvalue weighted by Gasteiger charge is -2.20. The third-order valence-corrected chi connectivity index (χ3v) is 3.54. The molecule has 0 spiro atoms. The van der Waals surface area contributed by atoms with Gasteiger partial charge in [-0.05, 0) is 13.3 Å². The van der Waals surface area contributed by atoms with Crippen LogP contribution in [0.4, 0.5) is 11.6 Å². The van der Waals surface area contributed by atoms with Crippen LogP contribution in [0.5, 0.6) is 0 Å². The molecule has 1 unspecified atom stereocenters. The minimum atomic E-state index is -0.0480. The lowest BCUT2D eigenvalue weighted by atomic mass is 9.96. The Morgan fingerprint density at radius 2 is 1.76 bits per heavy atom. The van der Waals surface area contributed by atoms with Crippen molar-refractivity contribution < 1.29 is 0 Å². The van der Waals surface area contributed by atoms with Gasteiger partial charge in [-0.3, -0.25) is 0 Å². The zero-order chi connectivity index (χ0) is 15.9. The molecule has 1 aromatic rings. The van der Waals surface area contributed by atoms with Crippen molar-refractivity contribution in [3.8, 4) is 0 Å². The zero-order valence-corrected chi connectivity index (χ0v) is 14.6. The van der Waals surface area contributed by atoms with Gasteiger partial charge in [0.15, 0.2) is 0 Å². The SMILES string of the molecule is CCCCCCC(C)Nc1cc(NC)nc(C(C)(C)C)n1. The predicted molar refractivity (Wildman–Crippen MR) is 92.1 cm³/mol. The molecule has 4 heteroatoms. The maximum absolute atomic E-state index is 4.67. The van der Waals surface area contributed by atoms with Gasteiger partial charge in [0.2, 0.25) is 0 Å². The number of rotatable bonds is 8. The Morgan fingerprint density at radius 3 is 2.33 bits per heavy atom. The molecule has 0 aliphatic rings. The molecule has 0 saturated carbocycles. The van der Waals surface area contributed by atoms with E-state index in [0.717, 1.165) is 17.5 Å². The maximum Gasteiger partial charge on any atom is 0.138 e. The number of unbranched alkanes of at least 4 members (excludes halogenated alkanes) is 3. The van der Waals surface area contributed by atoms with E-state index in [2.05, 4.69) is 55.2 Å². The molecule has 21 heavy (non-hydrogen) atoms. The van der Waals surface area contributed by atoms with Crippen molar-refractivity contribution in [2.45, 2.75) is 78.2 Å². The number of hydrogen-bond donors (Lipinski definition) is 2. The van der Waals surface area contributed by atoms with E-state index in [4.69, 9.17) is 0 Å². The Morgan fingerprint density at radius 1 is 1.10 bits per heavy atom. The molecule has 1 rings (SSSR count). The highest BCUT2D eigenvalue weighted by Crippen LogP contribution is 2.22. The van der Waals surface area contributed by atoms with Crippen LogP contribution in [-0.4, -0.2) is 23.1 Å². The van der Waals surface area contributed by atoms with E-state index in [1.165, 1.54) is 32.1 Å². The summed E-state index contributed by atoms with van der Waals surface area (Å²) in [5, 5.41) is 6.64. The van der Waals surface area contributed by atoms with Crippen molar-refractivity contribution in [3.63, 3.8) is 0 Å². The van der Waals surface area contributed by atoms with Gasteiger partial charge in [0.25, 0.3) is 0 Å². The van der Waals surface area contributed by atoms with Gasteiger partial charge in [0.1, 0.15) is 17.5 Å². The topological polar surface area (TPSA) is 49.8 Å². The largest absolute Gasteiger partial charge is 0.373 e. The van der Waals surface area contributed by atoms with Crippen molar-refractivity contribution in [3.05, 3.63) is 11.9 Å². The van der Waals surface area contributed by atoms with Crippen molar-refractivity contribution in [1.82, 2.24) is 9.97 Å². The normalized spacial score (nSPS) is 13.0. The van der Waals surface area contributed by atoms with Crippen LogP contribution in [0.1, 0.15) is 72.5 Å². The Kier molecular flexibility index (Phi) is 6.93. The summed E-state index contributed by atoms with van der Waals surface area (Å²) in [5.41, 5.74) is -0.0480. The third kappa shape index (κ3) is 6.32. The molecule has 1 aromatic heterocycles. The van der Waals surface area contributed by atoms with Gasteiger partial charge in [-0.15, -0.1) is 0 Å². The molecule has 2 N–H and O–H groups in total. The van der Waals surface area contributed by atoms with E-state index in [-0.39, 0.29) is 5.41 Å². The van der Waals surface area contributed by atoms with Crippen molar-refractivity contribution in [1.29, 1.82) is 0 Å². The standard InChI is InChI=1S/C17H32N4/c1-7-8-9-10-11-13(2)19-15-12-14(18-6)20-16(21-15)17(3,4)5/h12-13H,7-11H2,1-6H3,(H2,18,19,20,21). The Bertz CT molecular complexity index is 423. The molecule has 0 aromatic carbocycles.